The molecule has 19 heavy (non-hydrogen) atoms. The van der Waals surface area contributed by atoms with E-state index in [-0.39, 0.29) is 6.42 Å². The highest BCUT2D eigenvalue weighted by atomic mass is 19.1. The maximum absolute atomic E-state index is 13.7. The van der Waals surface area contributed by atoms with Gasteiger partial charge in [0.15, 0.2) is 0 Å². The van der Waals surface area contributed by atoms with Gasteiger partial charge in [0.25, 0.3) is 0 Å². The van der Waals surface area contributed by atoms with E-state index in [2.05, 4.69) is 4.90 Å². The van der Waals surface area contributed by atoms with Crippen molar-refractivity contribution in [3.8, 4) is 0 Å². The van der Waals surface area contributed by atoms with Crippen molar-refractivity contribution in [2.75, 3.05) is 13.1 Å². The summed E-state index contributed by atoms with van der Waals surface area (Å²) < 4.78 is 26.6. The molecule has 2 aliphatic rings. The van der Waals surface area contributed by atoms with E-state index in [0.717, 1.165) is 25.6 Å². The van der Waals surface area contributed by atoms with Crippen molar-refractivity contribution in [2.45, 2.75) is 43.7 Å². The Morgan fingerprint density at radius 2 is 2.16 bits per heavy atom. The van der Waals surface area contributed by atoms with Crippen molar-refractivity contribution < 1.29 is 13.9 Å². The summed E-state index contributed by atoms with van der Waals surface area (Å²) in [5.74, 6) is -1.12. The Kier molecular flexibility index (Phi) is 3.31. The highest BCUT2D eigenvalue weighted by Gasteiger charge is 2.40. The molecule has 1 N–H and O–H groups in total. The quantitative estimate of drug-likeness (QED) is 0.890. The molecule has 0 bridgehead atoms. The predicted molar refractivity (Wildman–Crippen MR) is 68.8 cm³/mol. The van der Waals surface area contributed by atoms with Crippen LogP contribution in [0.2, 0.25) is 0 Å². The average molecular weight is 267 g/mol. The summed E-state index contributed by atoms with van der Waals surface area (Å²) in [5, 5.41) is 10.7. The van der Waals surface area contributed by atoms with Gasteiger partial charge in [-0.2, -0.15) is 0 Å². The third-order valence-corrected chi connectivity index (χ3v) is 4.51. The molecule has 2 aliphatic heterocycles. The van der Waals surface area contributed by atoms with Crippen LogP contribution in [0.15, 0.2) is 18.2 Å². The number of fused-ring (bicyclic) bond motifs is 1. The van der Waals surface area contributed by atoms with Gasteiger partial charge in [-0.05, 0) is 43.9 Å². The Bertz CT molecular complexity index is 479. The summed E-state index contributed by atoms with van der Waals surface area (Å²) in [4.78, 5) is 2.41. The number of piperidine rings is 1. The second-order valence-corrected chi connectivity index (χ2v) is 5.92. The normalized spacial score (nSPS) is 31.4. The molecular formula is C15H19F2NO. The molecule has 0 saturated carbocycles. The zero-order chi connectivity index (χ0) is 13.5. The lowest BCUT2D eigenvalue weighted by Gasteiger charge is -2.41. The molecule has 0 amide bonds. The van der Waals surface area contributed by atoms with Gasteiger partial charge in [-0.3, -0.25) is 0 Å². The summed E-state index contributed by atoms with van der Waals surface area (Å²) in [7, 11) is 0. The summed E-state index contributed by atoms with van der Waals surface area (Å²) in [6.07, 6.45) is 3.95. The van der Waals surface area contributed by atoms with Crippen LogP contribution in [0, 0.1) is 11.6 Å². The van der Waals surface area contributed by atoms with Crippen LogP contribution >= 0.6 is 0 Å². The molecule has 2 fully saturated rings. The van der Waals surface area contributed by atoms with Crippen LogP contribution in [-0.4, -0.2) is 34.7 Å². The molecule has 2 unspecified atom stereocenters. The molecule has 2 saturated heterocycles. The Labute approximate surface area is 112 Å². The van der Waals surface area contributed by atoms with Gasteiger partial charge in [0, 0.05) is 25.1 Å². The van der Waals surface area contributed by atoms with Crippen molar-refractivity contribution >= 4 is 0 Å². The van der Waals surface area contributed by atoms with E-state index >= 15 is 0 Å². The Morgan fingerprint density at radius 3 is 2.95 bits per heavy atom. The summed E-state index contributed by atoms with van der Waals surface area (Å²) in [5.41, 5.74) is -0.431. The molecule has 1 aromatic carbocycles. The first-order chi connectivity index (χ1) is 9.06. The summed E-state index contributed by atoms with van der Waals surface area (Å²) >= 11 is 0. The molecule has 4 heteroatoms. The van der Waals surface area contributed by atoms with Gasteiger partial charge in [0.2, 0.25) is 0 Å². The number of benzene rings is 1. The van der Waals surface area contributed by atoms with E-state index in [9.17, 15) is 13.9 Å². The second-order valence-electron chi connectivity index (χ2n) is 5.92. The zero-order valence-corrected chi connectivity index (χ0v) is 10.9. The van der Waals surface area contributed by atoms with Crippen molar-refractivity contribution in [3.63, 3.8) is 0 Å². The topological polar surface area (TPSA) is 23.5 Å². The van der Waals surface area contributed by atoms with Crippen LogP contribution in [0.5, 0.6) is 0 Å². The fraction of sp³-hybridized carbons (Fsp3) is 0.600. The SMILES string of the molecule is OC1(Cc2ccc(F)cc2F)CCN2CCCC2C1. The molecular weight excluding hydrogens is 248 g/mol. The van der Waals surface area contributed by atoms with Gasteiger partial charge < -0.3 is 10.0 Å². The van der Waals surface area contributed by atoms with Gasteiger partial charge in [-0.1, -0.05) is 6.07 Å². The smallest absolute Gasteiger partial charge is 0.129 e. The van der Waals surface area contributed by atoms with Crippen LogP contribution < -0.4 is 0 Å². The number of aliphatic hydroxyl groups is 1. The number of hydrogen-bond acceptors (Lipinski definition) is 2. The first kappa shape index (κ1) is 13.0. The van der Waals surface area contributed by atoms with E-state index in [1.165, 1.54) is 18.6 Å². The molecule has 2 atom stereocenters. The molecule has 0 aromatic heterocycles. The fourth-order valence-electron chi connectivity index (χ4n) is 3.49. The Morgan fingerprint density at radius 1 is 1.32 bits per heavy atom. The maximum atomic E-state index is 13.7. The van der Waals surface area contributed by atoms with E-state index in [1.807, 2.05) is 0 Å². The second kappa shape index (κ2) is 4.84. The van der Waals surface area contributed by atoms with Gasteiger partial charge in [0.05, 0.1) is 5.60 Å². The maximum Gasteiger partial charge on any atom is 0.129 e. The number of hydrogen-bond donors (Lipinski definition) is 1. The van der Waals surface area contributed by atoms with Crippen LogP contribution in [0.4, 0.5) is 8.78 Å². The minimum atomic E-state index is -0.843. The highest BCUT2D eigenvalue weighted by Crippen LogP contribution is 2.35. The monoisotopic (exact) mass is 267 g/mol. The number of nitrogens with zero attached hydrogens (tertiary/aromatic N) is 1. The van der Waals surface area contributed by atoms with E-state index in [0.29, 0.717) is 24.4 Å². The number of rotatable bonds is 2. The van der Waals surface area contributed by atoms with Crippen LogP contribution in [0.1, 0.15) is 31.2 Å². The molecule has 104 valence electrons. The third kappa shape index (κ3) is 2.65. The molecule has 0 aliphatic carbocycles. The minimum absolute atomic E-state index is 0.281. The molecule has 2 heterocycles. The predicted octanol–water partition coefficient (Wildman–Crippen LogP) is 2.50. The van der Waals surface area contributed by atoms with Crippen molar-refractivity contribution in [3.05, 3.63) is 35.4 Å². The summed E-state index contributed by atoms with van der Waals surface area (Å²) in [6.45, 7) is 2.00. The first-order valence-electron chi connectivity index (χ1n) is 6.96. The highest BCUT2D eigenvalue weighted by molar-refractivity contribution is 5.21. The van der Waals surface area contributed by atoms with Crippen molar-refractivity contribution in [1.82, 2.24) is 4.90 Å². The standard InChI is InChI=1S/C15H19F2NO/c16-12-4-3-11(14(17)8-12)9-15(19)5-7-18-6-1-2-13(18)10-15/h3-4,8,13,19H,1-2,5-7,9-10H2. The average Bonchev–Trinajstić information content (AvgIpc) is 2.79. The molecule has 0 radical (unpaired) electrons. The van der Waals surface area contributed by atoms with Crippen molar-refractivity contribution in [2.24, 2.45) is 0 Å². The number of halogens is 2. The van der Waals surface area contributed by atoms with Crippen LogP contribution in [0.25, 0.3) is 0 Å². The van der Waals surface area contributed by atoms with E-state index < -0.39 is 17.2 Å². The van der Waals surface area contributed by atoms with Gasteiger partial charge >= 0.3 is 0 Å². The first-order valence-corrected chi connectivity index (χ1v) is 6.96. The Hall–Kier alpha value is -1.00. The molecule has 2 nitrogen and oxygen atoms in total. The van der Waals surface area contributed by atoms with Crippen LogP contribution in [-0.2, 0) is 6.42 Å². The lowest BCUT2D eigenvalue weighted by Crippen LogP contribution is -2.48. The van der Waals surface area contributed by atoms with Gasteiger partial charge in [-0.15, -0.1) is 0 Å². The van der Waals surface area contributed by atoms with E-state index in [4.69, 9.17) is 0 Å². The van der Waals surface area contributed by atoms with Gasteiger partial charge in [-0.25, -0.2) is 8.78 Å². The molecule has 3 rings (SSSR count). The summed E-state index contributed by atoms with van der Waals surface area (Å²) in [6, 6.07) is 4.03. The molecule has 0 spiro atoms. The van der Waals surface area contributed by atoms with E-state index in [1.54, 1.807) is 0 Å². The molecule has 1 aromatic rings. The lowest BCUT2D eigenvalue weighted by atomic mass is 9.82. The third-order valence-electron chi connectivity index (χ3n) is 4.51. The van der Waals surface area contributed by atoms with Crippen molar-refractivity contribution in [1.29, 1.82) is 0 Å². The minimum Gasteiger partial charge on any atom is -0.389 e. The lowest BCUT2D eigenvalue weighted by molar-refractivity contribution is -0.0359. The van der Waals surface area contributed by atoms with Gasteiger partial charge in [0.1, 0.15) is 11.6 Å². The fourth-order valence-corrected chi connectivity index (χ4v) is 3.49. The Balaban J connectivity index is 1.74. The zero-order valence-electron chi connectivity index (χ0n) is 10.9. The van der Waals surface area contributed by atoms with Crippen LogP contribution in [0.3, 0.4) is 0 Å². The largest absolute Gasteiger partial charge is 0.389 e.